The van der Waals surface area contributed by atoms with E-state index in [-0.39, 0.29) is 0 Å². The Labute approximate surface area is 154 Å². The van der Waals surface area contributed by atoms with Crippen LogP contribution in [0.2, 0.25) is 10.0 Å². The van der Waals surface area contributed by atoms with Crippen molar-refractivity contribution in [3.63, 3.8) is 0 Å². The molecule has 0 aliphatic heterocycles. The van der Waals surface area contributed by atoms with Gasteiger partial charge in [-0.1, -0.05) is 41.4 Å². The first kappa shape index (κ1) is 18.6. The fourth-order valence-corrected chi connectivity index (χ4v) is 2.78. The van der Waals surface area contributed by atoms with Crippen LogP contribution in [-0.4, -0.2) is 31.9 Å². The molecular formula is C19H23Cl2N3. The third-order valence-electron chi connectivity index (χ3n) is 3.93. The first-order valence-corrected chi connectivity index (χ1v) is 8.67. The predicted molar refractivity (Wildman–Crippen MR) is 106 cm³/mol. The number of hydrogen-bond acceptors (Lipinski definition) is 2. The van der Waals surface area contributed by atoms with Crippen LogP contribution in [-0.2, 0) is 6.54 Å². The second-order valence-electron chi connectivity index (χ2n) is 5.86. The fourth-order valence-electron chi connectivity index (χ4n) is 2.38. The molecule has 5 heteroatoms. The number of hydrogen-bond donors (Lipinski definition) is 0. The highest BCUT2D eigenvalue weighted by atomic mass is 35.5. The van der Waals surface area contributed by atoms with Crippen LogP contribution in [0.3, 0.4) is 0 Å². The lowest BCUT2D eigenvalue weighted by atomic mass is 10.1. The molecule has 0 atom stereocenters. The van der Waals surface area contributed by atoms with E-state index in [9.17, 15) is 0 Å². The summed E-state index contributed by atoms with van der Waals surface area (Å²) in [6.07, 6.45) is 1.80. The molecule has 0 saturated heterocycles. The third kappa shape index (κ3) is 4.65. The van der Waals surface area contributed by atoms with Crippen LogP contribution in [0.15, 0.2) is 41.4 Å². The Hall–Kier alpha value is -1.71. The summed E-state index contributed by atoms with van der Waals surface area (Å²) in [6, 6.07) is 11.9. The molecule has 0 aliphatic carbocycles. The smallest absolute Gasteiger partial charge is 0.0910 e. The first-order chi connectivity index (χ1) is 11.4. The van der Waals surface area contributed by atoms with Crippen molar-refractivity contribution < 1.29 is 0 Å². The minimum atomic E-state index is 0.641. The summed E-state index contributed by atoms with van der Waals surface area (Å²) in [4.78, 5) is 8.62. The van der Waals surface area contributed by atoms with Crippen molar-refractivity contribution in [2.75, 3.05) is 25.5 Å². The standard InChI is InChI=1S/C19H23Cl2N3/c1-5-23(3)13-22-18-10-14(2)19(11-17(18)21)24(4)12-15-8-6-7-9-16(15)20/h6-11,13H,5,12H2,1-4H3. The molecule has 3 nitrogen and oxygen atoms in total. The van der Waals surface area contributed by atoms with Crippen molar-refractivity contribution in [3.05, 3.63) is 57.6 Å². The van der Waals surface area contributed by atoms with Crippen LogP contribution < -0.4 is 4.90 Å². The average molecular weight is 364 g/mol. The molecule has 2 aromatic carbocycles. The van der Waals surface area contributed by atoms with E-state index in [0.29, 0.717) is 5.02 Å². The molecule has 0 aromatic heterocycles. The molecule has 2 aromatic rings. The minimum absolute atomic E-state index is 0.641. The van der Waals surface area contributed by atoms with Gasteiger partial charge in [0.1, 0.15) is 0 Å². The van der Waals surface area contributed by atoms with E-state index in [1.54, 1.807) is 6.34 Å². The van der Waals surface area contributed by atoms with Crippen molar-refractivity contribution in [2.45, 2.75) is 20.4 Å². The quantitative estimate of drug-likeness (QED) is 0.494. The van der Waals surface area contributed by atoms with Gasteiger partial charge in [0.15, 0.2) is 0 Å². The number of nitrogens with zero attached hydrogens (tertiary/aromatic N) is 3. The van der Waals surface area contributed by atoms with E-state index in [2.05, 4.69) is 23.7 Å². The van der Waals surface area contributed by atoms with Gasteiger partial charge in [0.2, 0.25) is 0 Å². The molecular weight excluding hydrogens is 341 g/mol. The average Bonchev–Trinajstić information content (AvgIpc) is 2.56. The summed E-state index contributed by atoms with van der Waals surface area (Å²) in [6.45, 7) is 5.76. The molecule has 0 saturated carbocycles. The van der Waals surface area contributed by atoms with Gasteiger partial charge < -0.3 is 9.80 Å². The molecule has 0 aliphatic rings. The Morgan fingerprint density at radius 3 is 2.46 bits per heavy atom. The molecule has 0 N–H and O–H groups in total. The highest BCUT2D eigenvalue weighted by Gasteiger charge is 2.11. The van der Waals surface area contributed by atoms with Gasteiger partial charge in [-0.05, 0) is 43.2 Å². The second kappa shape index (κ2) is 8.41. The topological polar surface area (TPSA) is 18.8 Å². The van der Waals surface area contributed by atoms with Crippen LogP contribution >= 0.6 is 23.2 Å². The van der Waals surface area contributed by atoms with E-state index >= 15 is 0 Å². The maximum Gasteiger partial charge on any atom is 0.0910 e. The summed E-state index contributed by atoms with van der Waals surface area (Å²) in [5, 5.41) is 1.42. The van der Waals surface area contributed by atoms with Crippen molar-refractivity contribution in [3.8, 4) is 0 Å². The van der Waals surface area contributed by atoms with E-state index in [0.717, 1.165) is 40.6 Å². The lowest BCUT2D eigenvalue weighted by Gasteiger charge is -2.23. The molecule has 0 unspecified atom stereocenters. The normalized spacial score (nSPS) is 11.1. The van der Waals surface area contributed by atoms with Gasteiger partial charge in [0, 0.05) is 37.9 Å². The third-order valence-corrected chi connectivity index (χ3v) is 4.61. The number of aryl methyl sites for hydroxylation is 1. The van der Waals surface area contributed by atoms with Crippen LogP contribution in [0.1, 0.15) is 18.1 Å². The van der Waals surface area contributed by atoms with E-state index in [1.165, 1.54) is 0 Å². The monoisotopic (exact) mass is 363 g/mol. The fraction of sp³-hybridized carbons (Fsp3) is 0.316. The Balaban J connectivity index is 2.23. The number of anilines is 1. The Bertz CT molecular complexity index is 729. The highest BCUT2D eigenvalue weighted by molar-refractivity contribution is 6.33. The van der Waals surface area contributed by atoms with Crippen molar-refractivity contribution >= 4 is 40.9 Å². The van der Waals surface area contributed by atoms with E-state index in [4.69, 9.17) is 23.2 Å². The molecule has 0 radical (unpaired) electrons. The van der Waals surface area contributed by atoms with Crippen LogP contribution in [0, 0.1) is 6.92 Å². The molecule has 0 amide bonds. The van der Waals surface area contributed by atoms with Crippen molar-refractivity contribution in [2.24, 2.45) is 4.99 Å². The Morgan fingerprint density at radius 2 is 1.79 bits per heavy atom. The maximum atomic E-state index is 6.42. The zero-order valence-corrected chi connectivity index (χ0v) is 16.1. The van der Waals surface area contributed by atoms with E-state index in [1.807, 2.05) is 55.4 Å². The Morgan fingerprint density at radius 1 is 1.08 bits per heavy atom. The van der Waals surface area contributed by atoms with Gasteiger partial charge in [-0.3, -0.25) is 0 Å². The van der Waals surface area contributed by atoms with Crippen molar-refractivity contribution in [1.29, 1.82) is 0 Å². The summed E-state index contributed by atoms with van der Waals surface area (Å²) >= 11 is 12.7. The lowest BCUT2D eigenvalue weighted by Crippen LogP contribution is -2.17. The van der Waals surface area contributed by atoms with E-state index < -0.39 is 0 Å². The van der Waals surface area contributed by atoms with Gasteiger partial charge in [0.25, 0.3) is 0 Å². The summed E-state index contributed by atoms with van der Waals surface area (Å²) in [7, 11) is 4.02. The van der Waals surface area contributed by atoms with Gasteiger partial charge in [-0.15, -0.1) is 0 Å². The highest BCUT2D eigenvalue weighted by Crippen LogP contribution is 2.33. The molecule has 0 bridgehead atoms. The SMILES string of the molecule is CCN(C)C=Nc1cc(C)c(N(C)Cc2ccccc2Cl)cc1Cl. The number of benzene rings is 2. The minimum Gasteiger partial charge on any atom is -0.370 e. The number of rotatable bonds is 6. The van der Waals surface area contributed by atoms with Gasteiger partial charge in [-0.2, -0.15) is 0 Å². The van der Waals surface area contributed by atoms with Crippen LogP contribution in [0.25, 0.3) is 0 Å². The molecule has 0 spiro atoms. The molecule has 0 heterocycles. The van der Waals surface area contributed by atoms with Crippen molar-refractivity contribution in [1.82, 2.24) is 4.90 Å². The molecule has 2 rings (SSSR count). The predicted octanol–water partition coefficient (Wildman–Crippen LogP) is 5.55. The molecule has 0 fully saturated rings. The molecule has 128 valence electrons. The summed E-state index contributed by atoms with van der Waals surface area (Å²) in [5.41, 5.74) is 4.07. The van der Waals surface area contributed by atoms with Gasteiger partial charge in [-0.25, -0.2) is 4.99 Å². The van der Waals surface area contributed by atoms with Crippen LogP contribution in [0.5, 0.6) is 0 Å². The van der Waals surface area contributed by atoms with Gasteiger partial charge >= 0.3 is 0 Å². The lowest BCUT2D eigenvalue weighted by molar-refractivity contribution is 0.552. The second-order valence-corrected chi connectivity index (χ2v) is 6.67. The largest absolute Gasteiger partial charge is 0.370 e. The summed E-state index contributed by atoms with van der Waals surface area (Å²) in [5.74, 6) is 0. The van der Waals surface area contributed by atoms with Crippen LogP contribution in [0.4, 0.5) is 11.4 Å². The van der Waals surface area contributed by atoms with Gasteiger partial charge in [0.05, 0.1) is 17.0 Å². The maximum absolute atomic E-state index is 6.42. The summed E-state index contributed by atoms with van der Waals surface area (Å²) < 4.78 is 0. The number of aliphatic imine (C=N–C) groups is 1. The number of halogens is 2. The Kier molecular flexibility index (Phi) is 6.52. The molecule has 24 heavy (non-hydrogen) atoms. The first-order valence-electron chi connectivity index (χ1n) is 7.91. The zero-order chi connectivity index (χ0) is 17.7. The zero-order valence-electron chi connectivity index (χ0n) is 14.6.